The lowest BCUT2D eigenvalue weighted by Crippen LogP contribution is -2.36. The Morgan fingerprint density at radius 3 is 2.71 bits per heavy atom. The third kappa shape index (κ3) is 3.78. The number of hydrogen-bond acceptors (Lipinski definition) is 4. The number of benzene rings is 2. The molecule has 1 fully saturated rings. The van der Waals surface area contributed by atoms with Gasteiger partial charge in [0.25, 0.3) is 5.91 Å². The number of nitrogen functional groups attached to an aromatic ring is 1. The number of amides is 1. The number of fused-ring (bicyclic) bond motifs is 4. The van der Waals surface area contributed by atoms with Gasteiger partial charge in [-0.25, -0.2) is 9.97 Å². The first-order valence-corrected chi connectivity index (χ1v) is 11.8. The minimum Gasteiger partial charge on any atom is -0.382 e. The maximum atomic E-state index is 13.9. The molecule has 180 valence electrons. The summed E-state index contributed by atoms with van der Waals surface area (Å²) in [5.74, 6) is 0.450. The molecule has 1 amide bonds. The molecule has 2 heterocycles. The van der Waals surface area contributed by atoms with Crippen LogP contribution in [0.4, 0.5) is 19.0 Å². The number of carbonyl (C=O) groups is 1. The maximum Gasteiger partial charge on any atom is 0.416 e. The molecule has 2 N–H and O–H groups in total. The van der Waals surface area contributed by atoms with E-state index in [2.05, 4.69) is 9.97 Å². The second-order valence-corrected chi connectivity index (χ2v) is 9.74. The molecule has 2 aromatic carbocycles. The number of aryl methyl sites for hydroxylation is 1. The van der Waals surface area contributed by atoms with Crippen LogP contribution in [-0.2, 0) is 12.6 Å². The highest BCUT2D eigenvalue weighted by Crippen LogP contribution is 2.42. The normalized spacial score (nSPS) is 17.8. The summed E-state index contributed by atoms with van der Waals surface area (Å²) >= 11 is 6.57. The minimum atomic E-state index is -4.40. The van der Waals surface area contributed by atoms with Crippen LogP contribution >= 0.6 is 11.6 Å². The van der Waals surface area contributed by atoms with Gasteiger partial charge in [-0.2, -0.15) is 13.2 Å². The summed E-state index contributed by atoms with van der Waals surface area (Å²) in [4.78, 5) is 24.3. The summed E-state index contributed by atoms with van der Waals surface area (Å²) < 4.78 is 41.4. The molecule has 0 spiro atoms. The first kappa shape index (κ1) is 22.2. The molecule has 0 saturated heterocycles. The third-order valence-corrected chi connectivity index (χ3v) is 7.31. The number of imidazole rings is 1. The predicted molar refractivity (Wildman–Crippen MR) is 126 cm³/mol. The highest BCUT2D eigenvalue weighted by molar-refractivity contribution is 6.34. The van der Waals surface area contributed by atoms with Gasteiger partial charge in [-0.15, -0.1) is 0 Å². The predicted octanol–water partition coefficient (Wildman–Crippen LogP) is 5.68. The van der Waals surface area contributed by atoms with E-state index in [0.717, 1.165) is 24.5 Å². The van der Waals surface area contributed by atoms with Crippen LogP contribution in [-0.4, -0.2) is 31.7 Å². The zero-order valence-electron chi connectivity index (χ0n) is 18.5. The first-order valence-electron chi connectivity index (χ1n) is 11.4. The van der Waals surface area contributed by atoms with E-state index in [0.29, 0.717) is 58.8 Å². The molecule has 0 aliphatic heterocycles. The fourth-order valence-corrected chi connectivity index (χ4v) is 5.28. The van der Waals surface area contributed by atoms with E-state index in [9.17, 15) is 18.0 Å². The SMILES string of the molecule is Nc1nc2cc(Cl)c(C(=O)N(CC3CC3)C3CCc4cc(C(F)(F)F)ccc43)cc2n2cncc12. The van der Waals surface area contributed by atoms with Crippen LogP contribution in [0.1, 0.15) is 52.4 Å². The average molecular weight is 500 g/mol. The molecule has 6 nitrogen and oxygen atoms in total. The van der Waals surface area contributed by atoms with Crippen molar-refractivity contribution < 1.29 is 18.0 Å². The molecule has 0 bridgehead atoms. The van der Waals surface area contributed by atoms with Crippen molar-refractivity contribution in [2.24, 2.45) is 5.92 Å². The van der Waals surface area contributed by atoms with E-state index in [1.165, 1.54) is 12.1 Å². The van der Waals surface area contributed by atoms with Gasteiger partial charge in [-0.1, -0.05) is 17.7 Å². The largest absolute Gasteiger partial charge is 0.416 e. The van der Waals surface area contributed by atoms with Crippen LogP contribution in [0.3, 0.4) is 0 Å². The standard InChI is InChI=1S/C25H21ClF3N5O/c26-18-9-19-21(34-12-31-10-22(34)23(30)32-19)8-17(18)24(35)33(11-13-1-2-13)20-6-3-14-7-15(25(27,28)29)4-5-16(14)20/h4-5,7-10,12-13,20H,1-3,6,11H2,(H2,30,32). The lowest BCUT2D eigenvalue weighted by molar-refractivity contribution is -0.137. The number of hydrogen-bond donors (Lipinski definition) is 1. The van der Waals surface area contributed by atoms with Crippen molar-refractivity contribution in [1.29, 1.82) is 0 Å². The third-order valence-electron chi connectivity index (χ3n) is 7.00. The Bertz CT molecular complexity index is 1490. The van der Waals surface area contributed by atoms with Gasteiger partial charge in [0.2, 0.25) is 0 Å². The average Bonchev–Trinajstić information content (AvgIpc) is 3.32. The van der Waals surface area contributed by atoms with Crippen LogP contribution in [0.5, 0.6) is 0 Å². The van der Waals surface area contributed by atoms with Crippen LogP contribution in [0.25, 0.3) is 16.6 Å². The van der Waals surface area contributed by atoms with Gasteiger partial charge in [-0.3, -0.25) is 9.20 Å². The summed E-state index contributed by atoms with van der Waals surface area (Å²) in [5, 5.41) is 0.250. The van der Waals surface area contributed by atoms with Crippen molar-refractivity contribution >= 4 is 39.9 Å². The Morgan fingerprint density at radius 2 is 1.97 bits per heavy atom. The monoisotopic (exact) mass is 499 g/mol. The summed E-state index contributed by atoms with van der Waals surface area (Å²) in [6, 6.07) is 6.85. The van der Waals surface area contributed by atoms with Gasteiger partial charge in [-0.05, 0) is 67.0 Å². The molecule has 1 saturated carbocycles. The van der Waals surface area contributed by atoms with Crippen molar-refractivity contribution in [3.05, 3.63) is 70.1 Å². The Kier molecular flexibility index (Phi) is 4.96. The number of anilines is 1. The number of rotatable bonds is 4. The summed E-state index contributed by atoms with van der Waals surface area (Å²) in [5.41, 5.74) is 8.91. The fraction of sp³-hybridized carbons (Fsp3) is 0.320. The van der Waals surface area contributed by atoms with E-state index in [1.807, 2.05) is 0 Å². The molecule has 4 aromatic rings. The molecule has 0 radical (unpaired) electrons. The molecule has 2 aliphatic carbocycles. The number of nitrogens with two attached hydrogens (primary N) is 1. The van der Waals surface area contributed by atoms with Gasteiger partial charge in [0.1, 0.15) is 11.3 Å². The minimum absolute atomic E-state index is 0.244. The van der Waals surface area contributed by atoms with Gasteiger partial charge in [0.15, 0.2) is 0 Å². The highest BCUT2D eigenvalue weighted by Gasteiger charge is 2.38. The maximum absolute atomic E-state index is 13.9. The molecule has 2 aromatic heterocycles. The summed E-state index contributed by atoms with van der Waals surface area (Å²) in [7, 11) is 0. The molecule has 6 rings (SSSR count). The van der Waals surface area contributed by atoms with Crippen molar-refractivity contribution in [3.63, 3.8) is 0 Å². The Balaban J connectivity index is 1.42. The lowest BCUT2D eigenvalue weighted by atomic mass is 10.0. The van der Waals surface area contributed by atoms with Crippen LogP contribution in [0.15, 0.2) is 42.9 Å². The zero-order chi connectivity index (χ0) is 24.5. The molecule has 10 heteroatoms. The van der Waals surface area contributed by atoms with E-state index in [4.69, 9.17) is 17.3 Å². The Hall–Kier alpha value is -3.33. The second-order valence-electron chi connectivity index (χ2n) is 9.33. The number of carbonyl (C=O) groups excluding carboxylic acids is 1. The Morgan fingerprint density at radius 1 is 1.17 bits per heavy atom. The molecule has 1 unspecified atom stereocenters. The Labute approximate surface area is 203 Å². The quantitative estimate of drug-likeness (QED) is 0.392. The van der Waals surface area contributed by atoms with Crippen LogP contribution in [0.2, 0.25) is 5.02 Å². The van der Waals surface area contributed by atoms with Gasteiger partial charge in [0, 0.05) is 6.54 Å². The highest BCUT2D eigenvalue weighted by atomic mass is 35.5. The van der Waals surface area contributed by atoms with Crippen LogP contribution in [0, 0.1) is 5.92 Å². The van der Waals surface area contributed by atoms with Crippen molar-refractivity contribution in [2.45, 2.75) is 37.9 Å². The van der Waals surface area contributed by atoms with Crippen molar-refractivity contribution in [3.8, 4) is 0 Å². The van der Waals surface area contributed by atoms with Crippen molar-refractivity contribution in [1.82, 2.24) is 19.3 Å². The number of nitrogens with zero attached hydrogens (tertiary/aromatic N) is 4. The molecular formula is C25H21ClF3N5O. The topological polar surface area (TPSA) is 76.5 Å². The van der Waals surface area contributed by atoms with Gasteiger partial charge >= 0.3 is 6.18 Å². The molecule has 1 atom stereocenters. The number of halogens is 4. The second kappa shape index (κ2) is 7.84. The first-order chi connectivity index (χ1) is 16.7. The van der Waals surface area contributed by atoms with Gasteiger partial charge in [0.05, 0.1) is 45.7 Å². The van der Waals surface area contributed by atoms with E-state index in [-0.39, 0.29) is 17.0 Å². The van der Waals surface area contributed by atoms with Crippen molar-refractivity contribution in [2.75, 3.05) is 12.3 Å². The molecular weight excluding hydrogens is 479 g/mol. The molecule has 35 heavy (non-hydrogen) atoms. The van der Waals surface area contributed by atoms with E-state index >= 15 is 0 Å². The summed E-state index contributed by atoms with van der Waals surface area (Å²) in [6.45, 7) is 0.540. The van der Waals surface area contributed by atoms with Crippen LogP contribution < -0.4 is 5.73 Å². The zero-order valence-corrected chi connectivity index (χ0v) is 19.3. The fourth-order valence-electron chi connectivity index (χ4n) is 5.04. The van der Waals surface area contributed by atoms with Gasteiger partial charge < -0.3 is 10.6 Å². The van der Waals surface area contributed by atoms with E-state index in [1.54, 1.807) is 34.0 Å². The summed E-state index contributed by atoms with van der Waals surface area (Å²) in [6.07, 6.45) is 1.92. The smallest absolute Gasteiger partial charge is 0.382 e. The number of aromatic nitrogens is 3. The van der Waals surface area contributed by atoms with E-state index < -0.39 is 11.7 Å². The lowest BCUT2D eigenvalue weighted by Gasteiger charge is -2.30. The number of alkyl halides is 3. The molecule has 2 aliphatic rings.